The molecule has 0 saturated carbocycles. The van der Waals surface area contributed by atoms with E-state index in [4.69, 9.17) is 0 Å². The zero-order chi connectivity index (χ0) is 20.3. The quantitative estimate of drug-likeness (QED) is 0.824. The second-order valence-corrected chi connectivity index (χ2v) is 7.75. The molecule has 2 heterocycles. The number of nitrogens with one attached hydrogen (secondary N) is 1. The van der Waals surface area contributed by atoms with Gasteiger partial charge in [-0.05, 0) is 56.5 Å². The van der Waals surface area contributed by atoms with Crippen molar-refractivity contribution in [1.82, 2.24) is 9.88 Å². The van der Waals surface area contributed by atoms with Crippen molar-refractivity contribution in [3.8, 4) is 0 Å². The van der Waals surface area contributed by atoms with Crippen molar-refractivity contribution in [2.24, 2.45) is 0 Å². The molecule has 1 aliphatic rings. The predicted molar refractivity (Wildman–Crippen MR) is 107 cm³/mol. The molecule has 1 fully saturated rings. The normalized spacial score (nSPS) is 17.5. The molecule has 4 nitrogen and oxygen atoms in total. The molecule has 2 aromatic rings. The molecule has 0 radical (unpaired) electrons. The van der Waals surface area contributed by atoms with E-state index in [1.165, 1.54) is 12.1 Å². The fourth-order valence-corrected chi connectivity index (χ4v) is 3.72. The van der Waals surface area contributed by atoms with E-state index in [-0.39, 0.29) is 23.9 Å². The molecule has 1 amide bonds. The maximum absolute atomic E-state index is 13.6. The molecule has 3 rings (SSSR count). The summed E-state index contributed by atoms with van der Waals surface area (Å²) in [7, 11) is 0. The number of anilines is 1. The zero-order valence-corrected chi connectivity index (χ0v) is 16.6. The monoisotopic (exact) mass is 387 g/mol. The summed E-state index contributed by atoms with van der Waals surface area (Å²) in [5.41, 5.74) is 3.45. The summed E-state index contributed by atoms with van der Waals surface area (Å²) < 4.78 is 27.1. The van der Waals surface area contributed by atoms with Gasteiger partial charge in [-0.15, -0.1) is 0 Å². The Morgan fingerprint density at radius 1 is 1.29 bits per heavy atom. The number of rotatable bonds is 5. The Kier molecular flexibility index (Phi) is 5.96. The lowest BCUT2D eigenvalue weighted by molar-refractivity contribution is -0.131. The highest BCUT2D eigenvalue weighted by molar-refractivity contribution is 5.78. The molecule has 0 bridgehead atoms. The van der Waals surface area contributed by atoms with E-state index in [9.17, 15) is 13.6 Å². The highest BCUT2D eigenvalue weighted by Crippen LogP contribution is 2.29. The van der Waals surface area contributed by atoms with Gasteiger partial charge in [-0.3, -0.25) is 9.78 Å². The number of hydrogen-bond donors (Lipinski definition) is 1. The Bertz CT molecular complexity index is 828. The summed E-state index contributed by atoms with van der Waals surface area (Å²) in [6.07, 6.45) is 2.07. The molecule has 6 heteroatoms. The first-order valence-corrected chi connectivity index (χ1v) is 9.67. The number of nitrogens with zero attached hydrogens (tertiary/aromatic N) is 2. The first-order valence-electron chi connectivity index (χ1n) is 9.67. The van der Waals surface area contributed by atoms with Crippen LogP contribution in [0, 0.1) is 13.8 Å². The van der Waals surface area contributed by atoms with Crippen LogP contribution in [0.4, 0.5) is 14.5 Å². The molecule has 1 N–H and O–H groups in total. The van der Waals surface area contributed by atoms with Gasteiger partial charge in [-0.2, -0.15) is 0 Å². The molecule has 1 saturated heterocycles. The van der Waals surface area contributed by atoms with E-state index in [0.717, 1.165) is 43.3 Å². The van der Waals surface area contributed by atoms with Crippen molar-refractivity contribution in [3.63, 3.8) is 0 Å². The minimum atomic E-state index is -2.87. The summed E-state index contributed by atoms with van der Waals surface area (Å²) in [6, 6.07) is 10.3. The lowest BCUT2D eigenvalue weighted by Crippen LogP contribution is -2.45. The first kappa shape index (κ1) is 20.2. The zero-order valence-electron chi connectivity index (χ0n) is 16.6. The fraction of sp³-hybridized carbons (Fsp3) is 0.455. The lowest BCUT2D eigenvalue weighted by atomic mass is 10.0. The van der Waals surface area contributed by atoms with Crippen LogP contribution in [-0.4, -0.2) is 34.9 Å². The van der Waals surface area contributed by atoms with Crippen molar-refractivity contribution in [3.05, 3.63) is 58.9 Å². The Hall–Kier alpha value is -2.50. The Labute approximate surface area is 165 Å². The number of aryl methyl sites for hydroxylation is 2. The van der Waals surface area contributed by atoms with Gasteiger partial charge in [0.15, 0.2) is 0 Å². The number of piperidine rings is 1. The van der Waals surface area contributed by atoms with Crippen LogP contribution in [0.2, 0.25) is 0 Å². The molecule has 1 unspecified atom stereocenters. The summed E-state index contributed by atoms with van der Waals surface area (Å²) in [5, 5.41) is 3.32. The fourth-order valence-electron chi connectivity index (χ4n) is 3.72. The summed E-state index contributed by atoms with van der Waals surface area (Å²) in [4.78, 5) is 19.0. The number of hydrogen-bond acceptors (Lipinski definition) is 3. The van der Waals surface area contributed by atoms with Crippen LogP contribution < -0.4 is 5.32 Å². The van der Waals surface area contributed by atoms with Gasteiger partial charge in [0.1, 0.15) is 0 Å². The first-order chi connectivity index (χ1) is 13.2. The number of carbonyl (C=O) groups is 1. The lowest BCUT2D eigenvalue weighted by Gasteiger charge is -2.34. The maximum atomic E-state index is 13.6. The SMILES string of the molecule is Cc1cc(C)nc(CC(=O)N2CCCC(Nc3cccc(C(C)(F)F)c3)C2)c1. The van der Waals surface area contributed by atoms with Crippen molar-refractivity contribution < 1.29 is 13.6 Å². The molecule has 0 spiro atoms. The van der Waals surface area contributed by atoms with Crippen LogP contribution >= 0.6 is 0 Å². The average molecular weight is 387 g/mol. The van der Waals surface area contributed by atoms with Crippen molar-refractivity contribution in [1.29, 1.82) is 0 Å². The van der Waals surface area contributed by atoms with E-state index >= 15 is 0 Å². The number of alkyl halides is 2. The van der Waals surface area contributed by atoms with E-state index < -0.39 is 5.92 Å². The third-order valence-electron chi connectivity index (χ3n) is 5.00. The topological polar surface area (TPSA) is 45.2 Å². The highest BCUT2D eigenvalue weighted by atomic mass is 19.3. The predicted octanol–water partition coefficient (Wildman–Crippen LogP) is 4.46. The molecule has 1 atom stereocenters. The third kappa shape index (κ3) is 5.27. The molecule has 0 aliphatic carbocycles. The van der Waals surface area contributed by atoms with Crippen LogP contribution in [0.25, 0.3) is 0 Å². The second-order valence-electron chi connectivity index (χ2n) is 7.75. The van der Waals surface area contributed by atoms with E-state index in [1.807, 2.05) is 30.9 Å². The molecular weight excluding hydrogens is 360 g/mol. The molecule has 1 aromatic carbocycles. The Morgan fingerprint density at radius 3 is 2.79 bits per heavy atom. The smallest absolute Gasteiger partial charge is 0.270 e. The molecular formula is C22H27F2N3O. The molecule has 150 valence electrons. The van der Waals surface area contributed by atoms with E-state index in [2.05, 4.69) is 10.3 Å². The van der Waals surface area contributed by atoms with Crippen LogP contribution in [-0.2, 0) is 17.1 Å². The second kappa shape index (κ2) is 8.25. The van der Waals surface area contributed by atoms with E-state index in [1.54, 1.807) is 12.1 Å². The number of amides is 1. The minimum absolute atomic E-state index is 0.0119. The Balaban J connectivity index is 1.63. The Morgan fingerprint density at radius 2 is 2.07 bits per heavy atom. The number of benzene rings is 1. The number of likely N-dealkylation sites (tertiary alicyclic amines) is 1. The van der Waals surface area contributed by atoms with Crippen molar-refractivity contribution in [2.45, 2.75) is 52.0 Å². The van der Waals surface area contributed by atoms with Gasteiger partial charge in [0.05, 0.1) is 12.1 Å². The summed E-state index contributed by atoms with van der Waals surface area (Å²) >= 11 is 0. The van der Waals surface area contributed by atoms with Crippen molar-refractivity contribution in [2.75, 3.05) is 18.4 Å². The number of carbonyl (C=O) groups excluding carboxylic acids is 1. The van der Waals surface area contributed by atoms with Gasteiger partial charge in [-0.25, -0.2) is 8.78 Å². The van der Waals surface area contributed by atoms with Crippen LogP contribution in [0.15, 0.2) is 36.4 Å². The van der Waals surface area contributed by atoms with E-state index in [0.29, 0.717) is 12.2 Å². The largest absolute Gasteiger partial charge is 0.381 e. The van der Waals surface area contributed by atoms with Gasteiger partial charge < -0.3 is 10.2 Å². The van der Waals surface area contributed by atoms with Gasteiger partial charge in [0.25, 0.3) is 5.92 Å². The molecule has 1 aliphatic heterocycles. The summed E-state index contributed by atoms with van der Waals surface area (Å²) in [6.45, 7) is 6.10. The van der Waals surface area contributed by atoms with Gasteiger partial charge in [0.2, 0.25) is 5.91 Å². The average Bonchev–Trinajstić information content (AvgIpc) is 2.60. The maximum Gasteiger partial charge on any atom is 0.270 e. The van der Waals surface area contributed by atoms with Crippen LogP contribution in [0.3, 0.4) is 0 Å². The van der Waals surface area contributed by atoms with Gasteiger partial charge in [-0.1, -0.05) is 12.1 Å². The van der Waals surface area contributed by atoms with Crippen LogP contribution in [0.1, 0.15) is 42.3 Å². The van der Waals surface area contributed by atoms with Gasteiger partial charge in [0, 0.05) is 43.0 Å². The number of halogens is 2. The number of pyridine rings is 1. The van der Waals surface area contributed by atoms with Crippen LogP contribution in [0.5, 0.6) is 0 Å². The third-order valence-corrected chi connectivity index (χ3v) is 5.00. The summed E-state index contributed by atoms with van der Waals surface area (Å²) in [5.74, 6) is -2.82. The molecule has 1 aromatic heterocycles. The van der Waals surface area contributed by atoms with Crippen molar-refractivity contribution >= 4 is 11.6 Å². The highest BCUT2D eigenvalue weighted by Gasteiger charge is 2.26. The minimum Gasteiger partial charge on any atom is -0.381 e. The van der Waals surface area contributed by atoms with Gasteiger partial charge >= 0.3 is 0 Å². The number of aromatic nitrogens is 1. The standard InChI is InChI=1S/C22H27F2N3O/c1-15-10-16(2)25-20(11-15)13-21(28)27-9-5-8-19(14-27)26-18-7-4-6-17(12-18)22(3,23)24/h4,6-7,10-12,19,26H,5,8-9,13-14H2,1-3H3. The molecule has 28 heavy (non-hydrogen) atoms.